The van der Waals surface area contributed by atoms with Gasteiger partial charge in [0, 0.05) is 6.07 Å². The summed E-state index contributed by atoms with van der Waals surface area (Å²) in [6.45, 7) is 3.61. The van der Waals surface area contributed by atoms with Crippen LogP contribution in [0.1, 0.15) is 29.8 Å². The zero-order valence-electron chi connectivity index (χ0n) is 16.7. The van der Waals surface area contributed by atoms with Crippen molar-refractivity contribution in [2.24, 2.45) is 0 Å². The summed E-state index contributed by atoms with van der Waals surface area (Å²) in [5, 5.41) is 0. The minimum absolute atomic E-state index is 0.198. The van der Waals surface area contributed by atoms with Crippen LogP contribution in [0.5, 0.6) is 23.0 Å². The number of benzene rings is 2. The SMILES string of the molecule is CCOC(=O)[C@H](C)Oc1ccc(/C=C2\Oc3cc(OC)ccc3C2=O)cc1OC. The fourth-order valence-corrected chi connectivity index (χ4v) is 2.82. The van der Waals surface area contributed by atoms with E-state index >= 15 is 0 Å². The van der Waals surface area contributed by atoms with E-state index in [0.29, 0.717) is 34.1 Å². The van der Waals surface area contributed by atoms with Crippen molar-refractivity contribution in [1.82, 2.24) is 0 Å². The van der Waals surface area contributed by atoms with E-state index in [9.17, 15) is 9.59 Å². The van der Waals surface area contributed by atoms with E-state index in [1.54, 1.807) is 63.4 Å². The van der Waals surface area contributed by atoms with Crippen molar-refractivity contribution in [3.8, 4) is 23.0 Å². The van der Waals surface area contributed by atoms with Gasteiger partial charge in [0.25, 0.3) is 0 Å². The Balaban J connectivity index is 1.82. The second-order valence-electron chi connectivity index (χ2n) is 6.22. The fraction of sp³-hybridized carbons (Fsp3) is 0.273. The molecule has 1 aliphatic rings. The van der Waals surface area contributed by atoms with Crippen LogP contribution in [0.2, 0.25) is 0 Å². The highest BCUT2D eigenvalue weighted by Crippen LogP contribution is 2.36. The third-order valence-corrected chi connectivity index (χ3v) is 4.28. The van der Waals surface area contributed by atoms with Crippen LogP contribution in [0.25, 0.3) is 6.08 Å². The van der Waals surface area contributed by atoms with E-state index in [2.05, 4.69) is 0 Å². The van der Waals surface area contributed by atoms with Crippen LogP contribution in [0, 0.1) is 0 Å². The first kappa shape index (κ1) is 20.3. The molecular formula is C22H22O7. The van der Waals surface area contributed by atoms with Gasteiger partial charge in [-0.2, -0.15) is 0 Å². The average Bonchev–Trinajstić information content (AvgIpc) is 3.03. The van der Waals surface area contributed by atoms with Crippen molar-refractivity contribution in [3.63, 3.8) is 0 Å². The van der Waals surface area contributed by atoms with Gasteiger partial charge in [-0.25, -0.2) is 4.79 Å². The van der Waals surface area contributed by atoms with Crippen molar-refractivity contribution >= 4 is 17.8 Å². The van der Waals surface area contributed by atoms with Crippen LogP contribution in [-0.4, -0.2) is 38.7 Å². The standard InChI is InChI=1S/C22H22O7/c1-5-27-22(24)13(2)28-17-9-6-14(10-19(17)26-4)11-20-21(23)16-8-7-15(25-3)12-18(16)29-20/h6-13H,5H2,1-4H3/b20-11-/t13-/m0/s1. The van der Waals surface area contributed by atoms with Gasteiger partial charge in [-0.15, -0.1) is 0 Å². The fourth-order valence-electron chi connectivity index (χ4n) is 2.82. The number of allylic oxidation sites excluding steroid dienone is 1. The van der Waals surface area contributed by atoms with Gasteiger partial charge in [-0.05, 0) is 49.8 Å². The van der Waals surface area contributed by atoms with Crippen molar-refractivity contribution in [2.45, 2.75) is 20.0 Å². The first-order valence-electron chi connectivity index (χ1n) is 9.10. The minimum atomic E-state index is -0.780. The number of carbonyl (C=O) groups excluding carboxylic acids is 2. The summed E-state index contributed by atoms with van der Waals surface area (Å²) in [4.78, 5) is 24.3. The Morgan fingerprint density at radius 3 is 2.59 bits per heavy atom. The Morgan fingerprint density at radius 1 is 1.10 bits per heavy atom. The normalized spacial score (nSPS) is 14.8. The number of ether oxygens (including phenoxy) is 5. The van der Waals surface area contributed by atoms with Crippen LogP contribution in [0.3, 0.4) is 0 Å². The molecule has 0 fully saturated rings. The third-order valence-electron chi connectivity index (χ3n) is 4.28. The first-order valence-corrected chi connectivity index (χ1v) is 9.10. The molecule has 152 valence electrons. The van der Waals surface area contributed by atoms with E-state index in [0.717, 1.165) is 0 Å². The van der Waals surface area contributed by atoms with Crippen LogP contribution in [-0.2, 0) is 9.53 Å². The molecule has 0 unspecified atom stereocenters. The molecule has 7 nitrogen and oxygen atoms in total. The number of methoxy groups -OCH3 is 2. The number of hydrogen-bond acceptors (Lipinski definition) is 7. The van der Waals surface area contributed by atoms with E-state index in [4.69, 9.17) is 23.7 Å². The first-order chi connectivity index (χ1) is 14.0. The van der Waals surface area contributed by atoms with E-state index in [1.807, 2.05) is 0 Å². The van der Waals surface area contributed by atoms with Crippen LogP contribution >= 0.6 is 0 Å². The molecule has 2 aromatic rings. The number of carbonyl (C=O) groups is 2. The molecule has 0 saturated heterocycles. The molecule has 3 rings (SSSR count). The Kier molecular flexibility index (Phi) is 6.07. The molecule has 7 heteroatoms. The predicted molar refractivity (Wildman–Crippen MR) is 106 cm³/mol. The van der Waals surface area contributed by atoms with Crippen molar-refractivity contribution in [1.29, 1.82) is 0 Å². The van der Waals surface area contributed by atoms with Crippen LogP contribution in [0.15, 0.2) is 42.2 Å². The number of esters is 1. The van der Waals surface area contributed by atoms with Gasteiger partial charge >= 0.3 is 5.97 Å². The van der Waals surface area contributed by atoms with Crippen LogP contribution < -0.4 is 18.9 Å². The maximum absolute atomic E-state index is 12.6. The Bertz CT molecular complexity index is 962. The van der Waals surface area contributed by atoms with E-state index < -0.39 is 12.1 Å². The molecule has 0 spiro atoms. The summed E-state index contributed by atoms with van der Waals surface area (Å²) in [6, 6.07) is 10.1. The molecule has 1 heterocycles. The summed E-state index contributed by atoms with van der Waals surface area (Å²) in [5.41, 5.74) is 1.16. The van der Waals surface area contributed by atoms with Gasteiger partial charge in [0.1, 0.15) is 11.5 Å². The Hall–Kier alpha value is -3.48. The average molecular weight is 398 g/mol. The Labute approximate surface area is 168 Å². The zero-order valence-corrected chi connectivity index (χ0v) is 16.7. The minimum Gasteiger partial charge on any atom is -0.497 e. The predicted octanol–water partition coefficient (Wildman–Crippen LogP) is 3.65. The monoisotopic (exact) mass is 398 g/mol. The maximum Gasteiger partial charge on any atom is 0.347 e. The number of rotatable bonds is 7. The molecule has 0 aliphatic carbocycles. The molecule has 0 saturated carbocycles. The van der Waals surface area contributed by atoms with Gasteiger partial charge in [0.05, 0.1) is 26.4 Å². The van der Waals surface area contributed by atoms with E-state index in [1.165, 1.54) is 7.11 Å². The maximum atomic E-state index is 12.6. The topological polar surface area (TPSA) is 80.3 Å². The molecular weight excluding hydrogens is 376 g/mol. The molecule has 1 aliphatic heterocycles. The van der Waals surface area contributed by atoms with Crippen LogP contribution in [0.4, 0.5) is 0 Å². The van der Waals surface area contributed by atoms with Gasteiger partial charge in [0.2, 0.25) is 5.78 Å². The molecule has 0 amide bonds. The molecule has 0 bridgehead atoms. The molecule has 0 N–H and O–H groups in total. The lowest BCUT2D eigenvalue weighted by atomic mass is 10.1. The largest absolute Gasteiger partial charge is 0.497 e. The molecule has 0 aromatic heterocycles. The number of ketones is 1. The summed E-state index contributed by atoms with van der Waals surface area (Å²) in [7, 11) is 3.04. The third kappa shape index (κ3) is 4.34. The lowest BCUT2D eigenvalue weighted by Crippen LogP contribution is -2.26. The summed E-state index contributed by atoms with van der Waals surface area (Å²) in [6.07, 6.45) is 0.841. The highest BCUT2D eigenvalue weighted by Gasteiger charge is 2.28. The quantitative estimate of drug-likeness (QED) is 0.520. The number of Topliss-reactive ketones (excluding diaryl/α,β-unsaturated/α-hetero) is 1. The molecule has 2 aromatic carbocycles. The van der Waals surface area contributed by atoms with Crippen molar-refractivity contribution in [3.05, 3.63) is 53.3 Å². The lowest BCUT2D eigenvalue weighted by Gasteiger charge is -2.16. The molecule has 1 atom stereocenters. The number of hydrogen-bond donors (Lipinski definition) is 0. The number of fused-ring (bicyclic) bond motifs is 1. The second-order valence-corrected chi connectivity index (χ2v) is 6.22. The second kappa shape index (κ2) is 8.68. The smallest absolute Gasteiger partial charge is 0.347 e. The summed E-state index contributed by atoms with van der Waals surface area (Å²) in [5.74, 6) is 1.40. The summed E-state index contributed by atoms with van der Waals surface area (Å²) >= 11 is 0. The highest BCUT2D eigenvalue weighted by atomic mass is 16.6. The summed E-state index contributed by atoms with van der Waals surface area (Å²) < 4.78 is 26.8. The van der Waals surface area contributed by atoms with Gasteiger partial charge in [-0.3, -0.25) is 4.79 Å². The molecule has 0 radical (unpaired) electrons. The van der Waals surface area contributed by atoms with E-state index in [-0.39, 0.29) is 18.1 Å². The van der Waals surface area contributed by atoms with Crippen molar-refractivity contribution in [2.75, 3.05) is 20.8 Å². The van der Waals surface area contributed by atoms with Gasteiger partial charge < -0.3 is 23.7 Å². The zero-order chi connectivity index (χ0) is 21.0. The van der Waals surface area contributed by atoms with Gasteiger partial charge in [-0.1, -0.05) is 6.07 Å². The highest BCUT2D eigenvalue weighted by molar-refractivity contribution is 6.14. The lowest BCUT2D eigenvalue weighted by molar-refractivity contribution is -0.150. The van der Waals surface area contributed by atoms with Crippen molar-refractivity contribution < 1.29 is 33.3 Å². The van der Waals surface area contributed by atoms with Gasteiger partial charge in [0.15, 0.2) is 23.4 Å². The molecule has 29 heavy (non-hydrogen) atoms. The Morgan fingerprint density at radius 2 is 1.90 bits per heavy atom.